The first-order valence-corrected chi connectivity index (χ1v) is 9.01. The van der Waals surface area contributed by atoms with Crippen LogP contribution in [-0.4, -0.2) is 38.4 Å². The molecule has 0 unspecified atom stereocenters. The first kappa shape index (κ1) is 20.3. The lowest BCUT2D eigenvalue weighted by Crippen LogP contribution is -2.37. The van der Waals surface area contributed by atoms with Gasteiger partial charge in [-0.15, -0.1) is 0 Å². The van der Waals surface area contributed by atoms with Gasteiger partial charge in [-0.2, -0.15) is 0 Å². The van der Waals surface area contributed by atoms with Crippen molar-refractivity contribution in [1.29, 1.82) is 0 Å². The maximum absolute atomic E-state index is 5.66. The van der Waals surface area contributed by atoms with Crippen molar-refractivity contribution in [2.45, 2.75) is 53.2 Å². The van der Waals surface area contributed by atoms with E-state index in [2.05, 4.69) is 34.7 Å². The molecular weight excluding hydrogens is 302 g/mol. The van der Waals surface area contributed by atoms with Crippen molar-refractivity contribution >= 4 is 5.96 Å². The summed E-state index contributed by atoms with van der Waals surface area (Å²) in [4.78, 5) is 4.63. The molecule has 1 aromatic rings. The number of nitrogens with one attached hydrogen (secondary N) is 2. The summed E-state index contributed by atoms with van der Waals surface area (Å²) < 4.78 is 11.0. The van der Waals surface area contributed by atoms with E-state index < -0.39 is 0 Å². The quantitative estimate of drug-likeness (QED) is 0.370. The van der Waals surface area contributed by atoms with Crippen molar-refractivity contribution in [3.8, 4) is 5.75 Å². The zero-order chi connectivity index (χ0) is 17.6. The predicted octanol–water partition coefficient (Wildman–Crippen LogP) is 3.35. The van der Waals surface area contributed by atoms with Crippen LogP contribution in [0.4, 0.5) is 0 Å². The highest BCUT2D eigenvalue weighted by Crippen LogP contribution is 2.14. The lowest BCUT2D eigenvalue weighted by molar-refractivity contribution is 0.143. The molecule has 0 aliphatic rings. The maximum atomic E-state index is 5.66. The molecule has 1 aromatic carbocycles. The number of hydrogen-bond acceptors (Lipinski definition) is 3. The number of nitrogens with zero attached hydrogens (tertiary/aromatic N) is 1. The second kappa shape index (κ2) is 12.6. The average Bonchev–Trinajstić information content (AvgIpc) is 2.56. The second-order valence-corrected chi connectivity index (χ2v) is 5.84. The highest BCUT2D eigenvalue weighted by Gasteiger charge is 2.00. The van der Waals surface area contributed by atoms with E-state index in [1.54, 1.807) is 0 Å². The summed E-state index contributed by atoms with van der Waals surface area (Å²) in [5.74, 6) is 1.76. The standard InChI is InChI=1S/C19H33N3O2/c1-5-20-19(21-13-7-8-14-23-6-2)22-15-17-9-11-18(12-10-17)24-16(3)4/h9-12,16H,5-8,13-15H2,1-4H3,(H2,20,21,22). The van der Waals surface area contributed by atoms with Crippen LogP contribution in [0.15, 0.2) is 29.3 Å². The molecule has 24 heavy (non-hydrogen) atoms. The Balaban J connectivity index is 2.41. The van der Waals surface area contributed by atoms with Crippen LogP contribution < -0.4 is 15.4 Å². The monoisotopic (exact) mass is 335 g/mol. The van der Waals surface area contributed by atoms with Crippen molar-refractivity contribution in [3.63, 3.8) is 0 Å². The number of unbranched alkanes of at least 4 members (excludes halogenated alkanes) is 1. The number of rotatable bonds is 11. The third-order valence-corrected chi connectivity index (χ3v) is 3.27. The molecule has 1 rings (SSSR count). The molecule has 0 radical (unpaired) electrons. The van der Waals surface area contributed by atoms with Gasteiger partial charge in [0.15, 0.2) is 5.96 Å². The summed E-state index contributed by atoms with van der Waals surface area (Å²) >= 11 is 0. The summed E-state index contributed by atoms with van der Waals surface area (Å²) in [5.41, 5.74) is 1.17. The van der Waals surface area contributed by atoms with E-state index in [1.165, 1.54) is 5.56 Å². The van der Waals surface area contributed by atoms with Crippen LogP contribution in [0.25, 0.3) is 0 Å². The molecule has 0 heterocycles. The number of ether oxygens (including phenoxy) is 2. The predicted molar refractivity (Wildman–Crippen MR) is 101 cm³/mol. The molecule has 0 aliphatic carbocycles. The van der Waals surface area contributed by atoms with Gasteiger partial charge in [0, 0.05) is 26.3 Å². The van der Waals surface area contributed by atoms with E-state index in [1.807, 2.05) is 32.9 Å². The third kappa shape index (κ3) is 9.40. The Kier molecular flexibility index (Phi) is 10.7. The fraction of sp³-hybridized carbons (Fsp3) is 0.632. The Morgan fingerprint density at radius 2 is 1.83 bits per heavy atom. The number of benzene rings is 1. The van der Waals surface area contributed by atoms with E-state index >= 15 is 0 Å². The first-order chi connectivity index (χ1) is 11.7. The Morgan fingerprint density at radius 1 is 1.08 bits per heavy atom. The molecule has 0 atom stereocenters. The molecule has 0 aromatic heterocycles. The van der Waals surface area contributed by atoms with Crippen molar-refractivity contribution in [2.75, 3.05) is 26.3 Å². The van der Waals surface area contributed by atoms with Crippen molar-refractivity contribution in [1.82, 2.24) is 10.6 Å². The van der Waals surface area contributed by atoms with E-state index in [-0.39, 0.29) is 6.10 Å². The first-order valence-electron chi connectivity index (χ1n) is 9.01. The van der Waals surface area contributed by atoms with Gasteiger partial charge in [0.25, 0.3) is 0 Å². The molecular formula is C19H33N3O2. The topological polar surface area (TPSA) is 54.9 Å². The zero-order valence-electron chi connectivity index (χ0n) is 15.6. The maximum Gasteiger partial charge on any atom is 0.191 e. The normalized spacial score (nSPS) is 11.6. The highest BCUT2D eigenvalue weighted by molar-refractivity contribution is 5.79. The molecule has 0 saturated carbocycles. The van der Waals surface area contributed by atoms with Crippen LogP contribution in [-0.2, 0) is 11.3 Å². The van der Waals surface area contributed by atoms with Gasteiger partial charge in [-0.05, 0) is 58.2 Å². The molecule has 0 fully saturated rings. The average molecular weight is 335 g/mol. The number of guanidine groups is 1. The van der Waals surface area contributed by atoms with E-state index in [4.69, 9.17) is 9.47 Å². The molecule has 5 heteroatoms. The minimum Gasteiger partial charge on any atom is -0.491 e. The van der Waals surface area contributed by atoms with E-state index in [0.29, 0.717) is 6.54 Å². The lowest BCUT2D eigenvalue weighted by atomic mass is 10.2. The van der Waals surface area contributed by atoms with Gasteiger partial charge < -0.3 is 20.1 Å². The van der Waals surface area contributed by atoms with Gasteiger partial charge >= 0.3 is 0 Å². The van der Waals surface area contributed by atoms with Gasteiger partial charge in [-0.25, -0.2) is 4.99 Å². The molecule has 0 saturated heterocycles. The summed E-state index contributed by atoms with van der Waals surface area (Å²) in [6.45, 7) is 12.2. The molecule has 0 aliphatic heterocycles. The summed E-state index contributed by atoms with van der Waals surface area (Å²) in [6.07, 6.45) is 2.34. The van der Waals surface area contributed by atoms with Gasteiger partial charge in [-0.3, -0.25) is 0 Å². The van der Waals surface area contributed by atoms with Crippen molar-refractivity contribution in [3.05, 3.63) is 29.8 Å². The molecule has 136 valence electrons. The van der Waals surface area contributed by atoms with Crippen molar-refractivity contribution < 1.29 is 9.47 Å². The fourth-order valence-corrected chi connectivity index (χ4v) is 2.14. The Bertz CT molecular complexity index is 458. The fourth-order valence-electron chi connectivity index (χ4n) is 2.14. The second-order valence-electron chi connectivity index (χ2n) is 5.84. The summed E-state index contributed by atoms with van der Waals surface area (Å²) in [5, 5.41) is 6.64. The van der Waals surface area contributed by atoms with Gasteiger partial charge in [0.2, 0.25) is 0 Å². The van der Waals surface area contributed by atoms with Gasteiger partial charge in [-0.1, -0.05) is 12.1 Å². The smallest absolute Gasteiger partial charge is 0.191 e. The van der Waals surface area contributed by atoms with Crippen LogP contribution in [0.5, 0.6) is 5.75 Å². The lowest BCUT2D eigenvalue weighted by Gasteiger charge is -2.12. The van der Waals surface area contributed by atoms with E-state index in [0.717, 1.165) is 50.9 Å². The third-order valence-electron chi connectivity index (χ3n) is 3.27. The van der Waals surface area contributed by atoms with Crippen LogP contribution in [0.2, 0.25) is 0 Å². The largest absolute Gasteiger partial charge is 0.491 e. The minimum absolute atomic E-state index is 0.196. The van der Waals surface area contributed by atoms with Crippen LogP contribution in [0.1, 0.15) is 46.1 Å². The molecule has 0 bridgehead atoms. The van der Waals surface area contributed by atoms with Crippen molar-refractivity contribution in [2.24, 2.45) is 4.99 Å². The molecule has 0 spiro atoms. The Morgan fingerprint density at radius 3 is 2.46 bits per heavy atom. The Hall–Kier alpha value is -1.75. The molecule has 5 nitrogen and oxygen atoms in total. The van der Waals surface area contributed by atoms with Gasteiger partial charge in [0.1, 0.15) is 5.75 Å². The SMILES string of the molecule is CCNC(=NCc1ccc(OC(C)C)cc1)NCCCCOCC. The zero-order valence-corrected chi connectivity index (χ0v) is 15.6. The highest BCUT2D eigenvalue weighted by atomic mass is 16.5. The number of hydrogen-bond donors (Lipinski definition) is 2. The van der Waals surface area contributed by atoms with E-state index in [9.17, 15) is 0 Å². The molecule has 2 N–H and O–H groups in total. The van der Waals surface area contributed by atoms with Crippen LogP contribution in [0.3, 0.4) is 0 Å². The summed E-state index contributed by atoms with van der Waals surface area (Å²) in [6, 6.07) is 8.12. The Labute approximate surface area is 146 Å². The van der Waals surface area contributed by atoms with Gasteiger partial charge in [0.05, 0.1) is 12.6 Å². The van der Waals surface area contributed by atoms with Crippen LogP contribution in [0, 0.1) is 0 Å². The molecule has 0 amide bonds. The minimum atomic E-state index is 0.196. The van der Waals surface area contributed by atoms with Crippen LogP contribution >= 0.6 is 0 Å². The summed E-state index contributed by atoms with van der Waals surface area (Å²) in [7, 11) is 0. The number of aliphatic imine (C=N–C) groups is 1.